The minimum Gasteiger partial charge on any atom is -0.339 e. The van der Waals surface area contributed by atoms with Gasteiger partial charge in [-0.05, 0) is 36.7 Å². The average Bonchev–Trinajstić information content (AvgIpc) is 2.91. The molecule has 21 heavy (non-hydrogen) atoms. The first-order chi connectivity index (χ1) is 9.79. The molecule has 0 bridgehead atoms. The highest BCUT2D eigenvalue weighted by atomic mass is 79.9. The SMILES string of the molecule is Cc1nn(C(C)C(=O)N(C)Cc2cn(C)nc2C)cc1Br. The summed E-state index contributed by atoms with van der Waals surface area (Å²) in [6.45, 7) is 6.25. The average molecular weight is 354 g/mol. The van der Waals surface area contributed by atoms with E-state index in [0.717, 1.165) is 21.4 Å². The maximum Gasteiger partial charge on any atom is 0.247 e. The lowest BCUT2D eigenvalue weighted by molar-refractivity contribution is -0.133. The first kappa shape index (κ1) is 15.8. The molecule has 0 aliphatic heterocycles. The molecule has 0 fully saturated rings. The van der Waals surface area contributed by atoms with Crippen molar-refractivity contribution >= 4 is 21.8 Å². The summed E-state index contributed by atoms with van der Waals surface area (Å²) in [5.41, 5.74) is 2.88. The van der Waals surface area contributed by atoms with Gasteiger partial charge in [-0.25, -0.2) is 0 Å². The van der Waals surface area contributed by atoms with E-state index in [9.17, 15) is 4.79 Å². The molecule has 2 aromatic heterocycles. The van der Waals surface area contributed by atoms with Crippen LogP contribution in [0.3, 0.4) is 0 Å². The second-order valence-electron chi connectivity index (χ2n) is 5.33. The highest BCUT2D eigenvalue weighted by molar-refractivity contribution is 9.10. The minimum absolute atomic E-state index is 0.0215. The molecule has 2 heterocycles. The molecule has 2 rings (SSSR count). The number of aromatic nitrogens is 4. The number of halogens is 1. The maximum absolute atomic E-state index is 12.5. The zero-order valence-corrected chi connectivity index (χ0v) is 14.5. The summed E-state index contributed by atoms with van der Waals surface area (Å²) in [5, 5.41) is 8.64. The molecule has 2 aromatic rings. The van der Waals surface area contributed by atoms with Gasteiger partial charge in [0.25, 0.3) is 0 Å². The Morgan fingerprint density at radius 3 is 2.48 bits per heavy atom. The maximum atomic E-state index is 12.5. The molecular weight excluding hydrogens is 334 g/mol. The Kier molecular flexibility index (Phi) is 4.51. The highest BCUT2D eigenvalue weighted by Gasteiger charge is 2.21. The van der Waals surface area contributed by atoms with Crippen LogP contribution in [0, 0.1) is 13.8 Å². The Labute approximate surface area is 132 Å². The standard InChI is InChI=1S/C14H20BrN5O/c1-9-12(7-19(5)16-9)6-18(4)14(21)11(3)20-8-13(15)10(2)17-20/h7-8,11H,6H2,1-5H3. The van der Waals surface area contributed by atoms with Crippen molar-refractivity contribution in [3.63, 3.8) is 0 Å². The Balaban J connectivity index is 2.10. The number of hydrogen-bond donors (Lipinski definition) is 0. The molecule has 0 N–H and O–H groups in total. The minimum atomic E-state index is -0.336. The van der Waals surface area contributed by atoms with E-state index in [1.165, 1.54) is 0 Å². The van der Waals surface area contributed by atoms with Gasteiger partial charge >= 0.3 is 0 Å². The van der Waals surface area contributed by atoms with Crippen LogP contribution in [0.25, 0.3) is 0 Å². The zero-order valence-electron chi connectivity index (χ0n) is 13.0. The van der Waals surface area contributed by atoms with Crippen molar-refractivity contribution in [3.8, 4) is 0 Å². The molecule has 0 aliphatic rings. The summed E-state index contributed by atoms with van der Waals surface area (Å²) in [7, 11) is 3.68. The quantitative estimate of drug-likeness (QED) is 0.846. The molecule has 7 heteroatoms. The van der Waals surface area contributed by atoms with Gasteiger partial charge in [0.2, 0.25) is 5.91 Å². The third-order valence-corrected chi connectivity index (χ3v) is 4.29. The normalized spacial score (nSPS) is 12.5. The van der Waals surface area contributed by atoms with E-state index in [0.29, 0.717) is 6.54 Å². The molecule has 0 radical (unpaired) electrons. The van der Waals surface area contributed by atoms with E-state index in [2.05, 4.69) is 26.1 Å². The monoisotopic (exact) mass is 353 g/mol. The van der Waals surface area contributed by atoms with Gasteiger partial charge in [-0.2, -0.15) is 10.2 Å². The summed E-state index contributed by atoms with van der Waals surface area (Å²) >= 11 is 3.42. The van der Waals surface area contributed by atoms with Crippen molar-refractivity contribution in [1.82, 2.24) is 24.5 Å². The number of aryl methyl sites for hydroxylation is 3. The van der Waals surface area contributed by atoms with Crippen LogP contribution in [0.1, 0.15) is 29.9 Å². The largest absolute Gasteiger partial charge is 0.339 e. The van der Waals surface area contributed by atoms with Crippen molar-refractivity contribution in [3.05, 3.63) is 33.8 Å². The molecule has 0 aliphatic carbocycles. The van der Waals surface area contributed by atoms with Crippen LogP contribution in [-0.4, -0.2) is 37.4 Å². The van der Waals surface area contributed by atoms with Gasteiger partial charge < -0.3 is 4.90 Å². The number of likely N-dealkylation sites (N-methyl/N-ethyl adjacent to an activating group) is 1. The third kappa shape index (κ3) is 3.34. The van der Waals surface area contributed by atoms with Gasteiger partial charge in [0.15, 0.2) is 0 Å². The van der Waals surface area contributed by atoms with E-state index in [1.54, 1.807) is 21.3 Å². The van der Waals surface area contributed by atoms with Gasteiger partial charge in [-0.15, -0.1) is 0 Å². The van der Waals surface area contributed by atoms with Crippen LogP contribution in [0.5, 0.6) is 0 Å². The van der Waals surface area contributed by atoms with Gasteiger partial charge in [0.05, 0.1) is 15.9 Å². The predicted octanol–water partition coefficient (Wildman–Crippen LogP) is 2.22. The van der Waals surface area contributed by atoms with Crippen molar-refractivity contribution < 1.29 is 4.79 Å². The van der Waals surface area contributed by atoms with Crippen LogP contribution in [-0.2, 0) is 18.4 Å². The van der Waals surface area contributed by atoms with E-state index in [1.807, 2.05) is 40.2 Å². The lowest BCUT2D eigenvalue weighted by Crippen LogP contribution is -2.33. The highest BCUT2D eigenvalue weighted by Crippen LogP contribution is 2.18. The number of rotatable bonds is 4. The molecule has 0 spiro atoms. The Morgan fingerprint density at radius 2 is 2.00 bits per heavy atom. The van der Waals surface area contributed by atoms with Crippen LogP contribution < -0.4 is 0 Å². The summed E-state index contributed by atoms with van der Waals surface area (Å²) in [4.78, 5) is 14.2. The molecule has 0 saturated heterocycles. The zero-order chi connectivity index (χ0) is 15.7. The molecule has 0 saturated carbocycles. The molecule has 1 unspecified atom stereocenters. The van der Waals surface area contributed by atoms with E-state index in [-0.39, 0.29) is 11.9 Å². The van der Waals surface area contributed by atoms with E-state index in [4.69, 9.17) is 0 Å². The van der Waals surface area contributed by atoms with E-state index < -0.39 is 0 Å². The van der Waals surface area contributed by atoms with Gasteiger partial charge in [0.1, 0.15) is 6.04 Å². The number of nitrogens with zero attached hydrogens (tertiary/aromatic N) is 5. The second-order valence-corrected chi connectivity index (χ2v) is 6.18. The molecule has 0 aromatic carbocycles. The number of hydrogen-bond acceptors (Lipinski definition) is 3. The molecule has 6 nitrogen and oxygen atoms in total. The van der Waals surface area contributed by atoms with Crippen molar-refractivity contribution in [2.75, 3.05) is 7.05 Å². The predicted molar refractivity (Wildman–Crippen MR) is 83.8 cm³/mol. The van der Waals surface area contributed by atoms with Crippen molar-refractivity contribution in [2.45, 2.75) is 33.4 Å². The van der Waals surface area contributed by atoms with Crippen LogP contribution >= 0.6 is 15.9 Å². The fraction of sp³-hybridized carbons (Fsp3) is 0.500. The smallest absolute Gasteiger partial charge is 0.247 e. The fourth-order valence-corrected chi connectivity index (χ4v) is 2.52. The van der Waals surface area contributed by atoms with Crippen molar-refractivity contribution in [1.29, 1.82) is 0 Å². The molecule has 114 valence electrons. The third-order valence-electron chi connectivity index (χ3n) is 3.51. The Bertz CT molecular complexity index is 641. The fourth-order valence-electron chi connectivity index (χ4n) is 2.23. The molecule has 1 atom stereocenters. The van der Waals surface area contributed by atoms with Crippen LogP contribution in [0.4, 0.5) is 0 Å². The number of amides is 1. The lowest BCUT2D eigenvalue weighted by Gasteiger charge is -2.21. The Hall–Kier alpha value is -1.63. The Morgan fingerprint density at radius 1 is 1.33 bits per heavy atom. The topological polar surface area (TPSA) is 56.0 Å². The first-order valence-corrected chi connectivity index (χ1v) is 7.54. The van der Waals surface area contributed by atoms with Gasteiger partial charge in [-0.1, -0.05) is 0 Å². The van der Waals surface area contributed by atoms with E-state index >= 15 is 0 Å². The summed E-state index contributed by atoms with van der Waals surface area (Å²) < 4.78 is 4.36. The molecular formula is C14H20BrN5O. The molecule has 1 amide bonds. The lowest BCUT2D eigenvalue weighted by atomic mass is 10.2. The summed E-state index contributed by atoms with van der Waals surface area (Å²) in [5.74, 6) is 0.0215. The number of carbonyl (C=O) groups is 1. The van der Waals surface area contributed by atoms with Gasteiger partial charge in [0, 0.05) is 38.6 Å². The van der Waals surface area contributed by atoms with Crippen LogP contribution in [0.2, 0.25) is 0 Å². The van der Waals surface area contributed by atoms with Crippen LogP contribution in [0.15, 0.2) is 16.9 Å². The summed E-state index contributed by atoms with van der Waals surface area (Å²) in [6.07, 6.45) is 3.78. The number of carbonyl (C=O) groups excluding carboxylic acids is 1. The van der Waals surface area contributed by atoms with Crippen molar-refractivity contribution in [2.24, 2.45) is 7.05 Å². The first-order valence-electron chi connectivity index (χ1n) is 6.75. The summed E-state index contributed by atoms with van der Waals surface area (Å²) in [6, 6.07) is -0.336. The van der Waals surface area contributed by atoms with Gasteiger partial charge in [-0.3, -0.25) is 14.2 Å². The second kappa shape index (κ2) is 6.01.